The van der Waals surface area contributed by atoms with Crippen LogP contribution in [0.2, 0.25) is 0 Å². The second-order valence-electron chi connectivity index (χ2n) is 5.67. The molecule has 0 atom stereocenters. The third-order valence-corrected chi connectivity index (χ3v) is 5.07. The van der Waals surface area contributed by atoms with E-state index < -0.39 is 5.97 Å². The van der Waals surface area contributed by atoms with Gasteiger partial charge in [-0.15, -0.1) is 11.8 Å². The van der Waals surface area contributed by atoms with Crippen LogP contribution in [-0.4, -0.2) is 22.7 Å². The Bertz CT molecular complexity index is 512. The van der Waals surface area contributed by atoms with E-state index in [0.29, 0.717) is 6.42 Å². The number of carboxylic acids is 1. The summed E-state index contributed by atoms with van der Waals surface area (Å²) in [5, 5.41) is 11.7. The van der Waals surface area contributed by atoms with Crippen LogP contribution in [0.15, 0.2) is 29.2 Å². The first-order valence-electron chi connectivity index (χ1n) is 7.91. The number of aliphatic carboxylic acids is 1. The minimum absolute atomic E-state index is 0.123. The molecule has 1 fully saturated rings. The quantitative estimate of drug-likeness (QED) is 0.584. The van der Waals surface area contributed by atoms with E-state index in [0.717, 1.165) is 42.0 Å². The molecular formula is C17H23NO3S. The van der Waals surface area contributed by atoms with Gasteiger partial charge >= 0.3 is 5.97 Å². The van der Waals surface area contributed by atoms with Gasteiger partial charge in [0.25, 0.3) is 0 Å². The van der Waals surface area contributed by atoms with E-state index in [9.17, 15) is 9.59 Å². The predicted octanol–water partition coefficient (Wildman–Crippen LogP) is 4.16. The number of para-hydroxylation sites is 1. The lowest BCUT2D eigenvalue weighted by atomic mass is 9.88. The van der Waals surface area contributed by atoms with Gasteiger partial charge in [-0.2, -0.15) is 0 Å². The number of carbonyl (C=O) groups excluding carboxylic acids is 1. The number of carbonyl (C=O) groups is 2. The van der Waals surface area contributed by atoms with Gasteiger partial charge in [0.15, 0.2) is 0 Å². The molecule has 1 amide bonds. The molecule has 1 aromatic carbocycles. The fraction of sp³-hybridized carbons (Fsp3) is 0.529. The molecule has 1 aromatic rings. The predicted molar refractivity (Wildman–Crippen MR) is 89.2 cm³/mol. The Morgan fingerprint density at radius 2 is 1.91 bits per heavy atom. The van der Waals surface area contributed by atoms with Crippen molar-refractivity contribution in [3.63, 3.8) is 0 Å². The Labute approximate surface area is 135 Å². The summed E-state index contributed by atoms with van der Waals surface area (Å²) in [5.74, 6) is 0.236. The third-order valence-electron chi connectivity index (χ3n) is 3.91. The van der Waals surface area contributed by atoms with Crippen LogP contribution >= 0.6 is 11.8 Å². The fourth-order valence-corrected chi connectivity index (χ4v) is 3.66. The molecule has 0 aliphatic heterocycles. The first-order chi connectivity index (χ1) is 10.7. The van der Waals surface area contributed by atoms with Crippen LogP contribution in [0.3, 0.4) is 0 Å². The Morgan fingerprint density at radius 1 is 1.18 bits per heavy atom. The Kier molecular flexibility index (Phi) is 6.77. The van der Waals surface area contributed by atoms with Crippen LogP contribution in [0, 0.1) is 5.92 Å². The van der Waals surface area contributed by atoms with Crippen LogP contribution < -0.4 is 5.32 Å². The molecule has 0 spiro atoms. The topological polar surface area (TPSA) is 66.4 Å². The standard InChI is InChI=1S/C17H23NO3S/c19-16(20)11-6-12-22-15-10-5-4-9-14(15)18-17(21)13-7-2-1-3-8-13/h4-5,9-10,13H,1-3,6-8,11-12H2,(H,18,21)(H,19,20). The maximum Gasteiger partial charge on any atom is 0.303 e. The highest BCUT2D eigenvalue weighted by Gasteiger charge is 2.21. The van der Waals surface area contributed by atoms with Crippen molar-refractivity contribution < 1.29 is 14.7 Å². The van der Waals surface area contributed by atoms with Crippen molar-refractivity contribution in [3.8, 4) is 0 Å². The van der Waals surface area contributed by atoms with Crippen molar-refractivity contribution in [2.24, 2.45) is 5.92 Å². The lowest BCUT2D eigenvalue weighted by Gasteiger charge is -2.21. The van der Waals surface area contributed by atoms with Crippen molar-refractivity contribution in [2.75, 3.05) is 11.1 Å². The molecule has 4 nitrogen and oxygen atoms in total. The van der Waals surface area contributed by atoms with Gasteiger partial charge in [-0.1, -0.05) is 31.4 Å². The highest BCUT2D eigenvalue weighted by atomic mass is 32.2. The minimum Gasteiger partial charge on any atom is -0.481 e. The molecule has 0 aromatic heterocycles. The largest absolute Gasteiger partial charge is 0.481 e. The molecular weight excluding hydrogens is 298 g/mol. The number of rotatable bonds is 7. The molecule has 22 heavy (non-hydrogen) atoms. The van der Waals surface area contributed by atoms with Crippen LogP contribution in [0.4, 0.5) is 5.69 Å². The molecule has 2 N–H and O–H groups in total. The first kappa shape index (κ1) is 16.9. The number of hydrogen-bond acceptors (Lipinski definition) is 3. The number of amides is 1. The maximum absolute atomic E-state index is 12.3. The highest BCUT2D eigenvalue weighted by Crippen LogP contribution is 2.30. The lowest BCUT2D eigenvalue weighted by Crippen LogP contribution is -2.24. The molecule has 1 aliphatic carbocycles. The average Bonchev–Trinajstić information content (AvgIpc) is 2.53. The molecule has 5 heteroatoms. The van der Waals surface area contributed by atoms with Crippen LogP contribution in [-0.2, 0) is 9.59 Å². The van der Waals surface area contributed by atoms with Crippen molar-refractivity contribution >= 4 is 29.3 Å². The van der Waals surface area contributed by atoms with Gasteiger partial charge in [-0.25, -0.2) is 0 Å². The summed E-state index contributed by atoms with van der Waals surface area (Å²) in [6, 6.07) is 7.75. The molecule has 0 radical (unpaired) electrons. The third kappa shape index (κ3) is 5.37. The molecule has 0 saturated heterocycles. The van der Waals surface area contributed by atoms with E-state index in [1.807, 2.05) is 24.3 Å². The highest BCUT2D eigenvalue weighted by molar-refractivity contribution is 7.99. The van der Waals surface area contributed by atoms with Gasteiger partial charge in [0.1, 0.15) is 0 Å². The second-order valence-corrected chi connectivity index (χ2v) is 6.80. The van der Waals surface area contributed by atoms with Crippen LogP contribution in [0.1, 0.15) is 44.9 Å². The van der Waals surface area contributed by atoms with Gasteiger partial charge in [0.2, 0.25) is 5.91 Å². The average molecular weight is 321 g/mol. The summed E-state index contributed by atoms with van der Waals surface area (Å²) in [7, 11) is 0. The summed E-state index contributed by atoms with van der Waals surface area (Å²) in [6.07, 6.45) is 6.31. The summed E-state index contributed by atoms with van der Waals surface area (Å²) >= 11 is 1.60. The molecule has 1 saturated carbocycles. The van der Waals surface area contributed by atoms with E-state index in [1.54, 1.807) is 11.8 Å². The molecule has 2 rings (SSSR count). The van der Waals surface area contributed by atoms with Gasteiger partial charge in [0.05, 0.1) is 5.69 Å². The normalized spacial score (nSPS) is 15.5. The van der Waals surface area contributed by atoms with E-state index >= 15 is 0 Å². The van der Waals surface area contributed by atoms with Gasteiger partial charge < -0.3 is 10.4 Å². The molecule has 1 aliphatic rings. The minimum atomic E-state index is -0.764. The Hall–Kier alpha value is -1.49. The zero-order valence-corrected chi connectivity index (χ0v) is 13.5. The van der Waals surface area contributed by atoms with E-state index in [4.69, 9.17) is 5.11 Å². The number of nitrogens with one attached hydrogen (secondary N) is 1. The van der Waals surface area contributed by atoms with Crippen LogP contribution in [0.5, 0.6) is 0 Å². The molecule has 120 valence electrons. The SMILES string of the molecule is O=C(O)CCCSc1ccccc1NC(=O)C1CCCCC1. The number of carboxylic acid groups (broad SMARTS) is 1. The van der Waals surface area contributed by atoms with Crippen molar-refractivity contribution in [2.45, 2.75) is 49.8 Å². The number of benzene rings is 1. The lowest BCUT2D eigenvalue weighted by molar-refractivity contribution is -0.137. The van der Waals surface area contributed by atoms with Crippen molar-refractivity contribution in [1.29, 1.82) is 0 Å². The van der Waals surface area contributed by atoms with Gasteiger partial charge in [-0.05, 0) is 37.1 Å². The van der Waals surface area contributed by atoms with Crippen molar-refractivity contribution in [1.82, 2.24) is 0 Å². The first-order valence-corrected chi connectivity index (χ1v) is 8.90. The summed E-state index contributed by atoms with van der Waals surface area (Å²) < 4.78 is 0. The molecule has 0 bridgehead atoms. The number of anilines is 1. The van der Waals surface area contributed by atoms with E-state index in [2.05, 4.69) is 5.32 Å². The maximum atomic E-state index is 12.3. The molecule has 0 heterocycles. The monoisotopic (exact) mass is 321 g/mol. The second kappa shape index (κ2) is 8.83. The van der Waals surface area contributed by atoms with Gasteiger partial charge in [0, 0.05) is 17.2 Å². The van der Waals surface area contributed by atoms with Crippen LogP contribution in [0.25, 0.3) is 0 Å². The smallest absolute Gasteiger partial charge is 0.303 e. The zero-order valence-electron chi connectivity index (χ0n) is 12.7. The summed E-state index contributed by atoms with van der Waals surface area (Å²) in [5.41, 5.74) is 0.846. The summed E-state index contributed by atoms with van der Waals surface area (Å²) in [6.45, 7) is 0. The fourth-order valence-electron chi connectivity index (χ4n) is 2.70. The zero-order chi connectivity index (χ0) is 15.8. The van der Waals surface area contributed by atoms with E-state index in [-0.39, 0.29) is 18.2 Å². The summed E-state index contributed by atoms with van der Waals surface area (Å²) in [4.78, 5) is 23.9. The number of hydrogen-bond donors (Lipinski definition) is 2. The van der Waals surface area contributed by atoms with E-state index in [1.165, 1.54) is 6.42 Å². The molecule has 0 unspecified atom stereocenters. The Balaban J connectivity index is 1.89. The Morgan fingerprint density at radius 3 is 2.64 bits per heavy atom. The van der Waals surface area contributed by atoms with Gasteiger partial charge in [-0.3, -0.25) is 9.59 Å². The number of thioether (sulfide) groups is 1. The van der Waals surface area contributed by atoms with Crippen molar-refractivity contribution in [3.05, 3.63) is 24.3 Å².